The number of hydrogen-bond donors (Lipinski definition) is 1. The van der Waals surface area contributed by atoms with Gasteiger partial charge in [0.05, 0.1) is 17.7 Å². The topological polar surface area (TPSA) is 79.7 Å². The number of hydrogen-bond acceptors (Lipinski definition) is 4. The Morgan fingerprint density at radius 3 is 2.79 bits per heavy atom. The first-order valence-electron chi connectivity index (χ1n) is 9.34. The van der Waals surface area contributed by atoms with E-state index in [1.807, 2.05) is 42.5 Å². The number of carboxylic acids is 1. The summed E-state index contributed by atoms with van der Waals surface area (Å²) < 4.78 is 5.18. The van der Waals surface area contributed by atoms with Gasteiger partial charge in [-0.05, 0) is 35.7 Å². The van der Waals surface area contributed by atoms with Gasteiger partial charge in [-0.2, -0.15) is 0 Å². The molecule has 2 heterocycles. The van der Waals surface area contributed by atoms with Gasteiger partial charge in [0.2, 0.25) is 0 Å². The molecule has 1 atom stereocenters. The van der Waals surface area contributed by atoms with Gasteiger partial charge in [-0.1, -0.05) is 30.3 Å². The summed E-state index contributed by atoms with van der Waals surface area (Å²) in [5.74, 6) is -1.11. The number of methoxy groups -OCH3 is 1. The molecule has 6 nitrogen and oxygen atoms in total. The van der Waals surface area contributed by atoms with Crippen LogP contribution in [0.4, 0.5) is 0 Å². The van der Waals surface area contributed by atoms with E-state index in [1.165, 1.54) is 7.11 Å². The summed E-state index contributed by atoms with van der Waals surface area (Å²) in [4.78, 5) is 31.5. The van der Waals surface area contributed by atoms with Crippen LogP contribution in [0.15, 0.2) is 48.7 Å². The summed E-state index contributed by atoms with van der Waals surface area (Å²) in [6, 6.07) is 13.6. The smallest absolute Gasteiger partial charge is 0.313 e. The molecule has 1 fully saturated rings. The number of ether oxygens (including phenoxy) is 1. The summed E-state index contributed by atoms with van der Waals surface area (Å²) in [6.45, 7) is 0.748. The number of benzene rings is 2. The normalized spacial score (nSPS) is 19.8. The number of carboxylic acid groups (broad SMARTS) is 1. The third-order valence-corrected chi connectivity index (χ3v) is 5.58. The molecule has 1 aromatic heterocycles. The number of fused-ring (bicyclic) bond motifs is 3. The molecule has 1 saturated heterocycles. The van der Waals surface area contributed by atoms with Crippen molar-refractivity contribution in [3.05, 3.63) is 54.2 Å². The van der Waals surface area contributed by atoms with Crippen molar-refractivity contribution in [2.45, 2.75) is 12.8 Å². The first-order chi connectivity index (χ1) is 13.6. The largest absolute Gasteiger partial charge is 0.481 e. The highest BCUT2D eigenvalue weighted by Gasteiger charge is 2.44. The minimum Gasteiger partial charge on any atom is -0.481 e. The number of amides is 1. The third-order valence-electron chi connectivity index (χ3n) is 5.58. The molecule has 1 N–H and O–H groups in total. The van der Waals surface area contributed by atoms with E-state index < -0.39 is 11.4 Å². The molecular weight excluding hydrogens is 356 g/mol. The average molecular weight is 378 g/mol. The van der Waals surface area contributed by atoms with Gasteiger partial charge in [0.1, 0.15) is 5.41 Å². The van der Waals surface area contributed by atoms with E-state index in [1.54, 1.807) is 11.1 Å². The van der Waals surface area contributed by atoms with Crippen LogP contribution in [0.2, 0.25) is 0 Å². The predicted molar refractivity (Wildman–Crippen MR) is 106 cm³/mol. The summed E-state index contributed by atoms with van der Waals surface area (Å²) >= 11 is 0. The monoisotopic (exact) mass is 378 g/mol. The van der Waals surface area contributed by atoms with Crippen LogP contribution >= 0.6 is 0 Å². The Kier molecular flexibility index (Phi) is 4.73. The van der Waals surface area contributed by atoms with Crippen molar-refractivity contribution in [1.82, 2.24) is 9.88 Å². The Labute approximate surface area is 162 Å². The number of likely N-dealkylation sites (tertiary alicyclic amines) is 1. The van der Waals surface area contributed by atoms with Crippen LogP contribution in [-0.2, 0) is 9.53 Å². The molecule has 1 aliphatic rings. The SMILES string of the molecule is COCC1(C(=O)O)CCCN(C(=O)c2cc3ccccc3c3cccnc23)C1. The predicted octanol–water partition coefficient (Wildman–Crippen LogP) is 3.34. The molecule has 0 aliphatic carbocycles. The number of carbonyl (C=O) groups excluding carboxylic acids is 1. The van der Waals surface area contributed by atoms with Crippen molar-refractivity contribution in [2.75, 3.05) is 26.8 Å². The number of nitrogens with zero attached hydrogens (tertiary/aromatic N) is 2. The zero-order valence-corrected chi connectivity index (χ0v) is 15.7. The maximum atomic E-state index is 13.4. The first-order valence-corrected chi connectivity index (χ1v) is 9.34. The quantitative estimate of drug-likeness (QED) is 0.705. The summed E-state index contributed by atoms with van der Waals surface area (Å²) in [6.07, 6.45) is 2.80. The molecule has 4 rings (SSSR count). The lowest BCUT2D eigenvalue weighted by Crippen LogP contribution is -2.52. The number of aliphatic carboxylic acids is 1. The molecular formula is C22H22N2O4. The van der Waals surface area contributed by atoms with Gasteiger partial charge in [-0.25, -0.2) is 0 Å². The molecule has 0 bridgehead atoms. The number of piperidine rings is 1. The fourth-order valence-electron chi connectivity index (χ4n) is 4.20. The Hall–Kier alpha value is -2.99. The van der Waals surface area contributed by atoms with Crippen LogP contribution in [0, 0.1) is 5.41 Å². The molecule has 3 aromatic rings. The molecule has 1 unspecified atom stereocenters. The van der Waals surface area contributed by atoms with Gasteiger partial charge >= 0.3 is 5.97 Å². The van der Waals surface area contributed by atoms with E-state index in [0.29, 0.717) is 30.5 Å². The Balaban J connectivity index is 1.79. The summed E-state index contributed by atoms with van der Waals surface area (Å²) in [7, 11) is 1.49. The van der Waals surface area contributed by atoms with E-state index in [9.17, 15) is 14.7 Å². The lowest BCUT2D eigenvalue weighted by molar-refractivity contribution is -0.155. The van der Waals surface area contributed by atoms with Crippen molar-refractivity contribution in [2.24, 2.45) is 5.41 Å². The van der Waals surface area contributed by atoms with Crippen molar-refractivity contribution < 1.29 is 19.4 Å². The van der Waals surface area contributed by atoms with Crippen molar-refractivity contribution in [3.63, 3.8) is 0 Å². The fourth-order valence-corrected chi connectivity index (χ4v) is 4.20. The zero-order chi connectivity index (χ0) is 19.7. The summed E-state index contributed by atoms with van der Waals surface area (Å²) in [5.41, 5.74) is 0.0836. The van der Waals surface area contributed by atoms with E-state index in [2.05, 4.69) is 4.98 Å². The molecule has 0 spiro atoms. The average Bonchev–Trinajstić information content (AvgIpc) is 2.73. The third kappa shape index (κ3) is 2.99. The molecule has 1 aliphatic heterocycles. The van der Waals surface area contributed by atoms with Crippen molar-refractivity contribution in [1.29, 1.82) is 0 Å². The van der Waals surface area contributed by atoms with Gasteiger partial charge in [0.25, 0.3) is 5.91 Å². The van der Waals surface area contributed by atoms with E-state index in [-0.39, 0.29) is 19.1 Å². The Bertz CT molecular complexity index is 1060. The maximum Gasteiger partial charge on any atom is 0.313 e. The standard InChI is InChI=1S/C22H22N2O4/c1-28-14-22(21(26)27)9-5-11-24(13-22)20(25)18-12-15-6-2-3-7-16(15)17-8-4-10-23-19(17)18/h2-4,6-8,10,12H,5,9,11,13-14H2,1H3,(H,26,27). The van der Waals surface area contributed by atoms with Crippen LogP contribution in [0.25, 0.3) is 21.7 Å². The highest BCUT2D eigenvalue weighted by molar-refractivity contribution is 6.15. The minimum absolute atomic E-state index is 0.0861. The van der Waals surface area contributed by atoms with Crippen molar-refractivity contribution >= 4 is 33.6 Å². The zero-order valence-electron chi connectivity index (χ0n) is 15.7. The summed E-state index contributed by atoms with van der Waals surface area (Å²) in [5, 5.41) is 12.7. The number of rotatable bonds is 4. The van der Waals surface area contributed by atoms with Gasteiger partial charge in [0.15, 0.2) is 0 Å². The second kappa shape index (κ2) is 7.20. The highest BCUT2D eigenvalue weighted by Crippen LogP contribution is 2.33. The van der Waals surface area contributed by atoms with E-state index in [0.717, 1.165) is 16.2 Å². The van der Waals surface area contributed by atoms with Crippen LogP contribution < -0.4 is 0 Å². The number of aromatic nitrogens is 1. The second-order valence-corrected chi connectivity index (χ2v) is 7.39. The minimum atomic E-state index is -1.07. The number of carbonyl (C=O) groups is 2. The molecule has 144 valence electrons. The van der Waals surface area contributed by atoms with Gasteiger partial charge < -0.3 is 14.7 Å². The van der Waals surface area contributed by atoms with Gasteiger partial charge in [-0.3, -0.25) is 14.6 Å². The van der Waals surface area contributed by atoms with Gasteiger partial charge in [0, 0.05) is 31.8 Å². The fraction of sp³-hybridized carbons (Fsp3) is 0.318. The van der Waals surface area contributed by atoms with E-state index in [4.69, 9.17) is 4.74 Å². The maximum absolute atomic E-state index is 13.4. The Morgan fingerprint density at radius 1 is 1.21 bits per heavy atom. The Morgan fingerprint density at radius 2 is 2.00 bits per heavy atom. The molecule has 1 amide bonds. The van der Waals surface area contributed by atoms with E-state index >= 15 is 0 Å². The first kappa shape index (κ1) is 18.4. The molecule has 28 heavy (non-hydrogen) atoms. The van der Waals surface area contributed by atoms with Crippen LogP contribution in [0.3, 0.4) is 0 Å². The molecule has 0 radical (unpaired) electrons. The molecule has 2 aromatic carbocycles. The van der Waals surface area contributed by atoms with Crippen LogP contribution in [-0.4, -0.2) is 53.7 Å². The van der Waals surface area contributed by atoms with Crippen LogP contribution in [0.1, 0.15) is 23.2 Å². The molecule has 0 saturated carbocycles. The number of pyridine rings is 1. The van der Waals surface area contributed by atoms with Crippen LogP contribution in [0.5, 0.6) is 0 Å². The molecule has 6 heteroatoms. The second-order valence-electron chi connectivity index (χ2n) is 7.39. The lowest BCUT2D eigenvalue weighted by atomic mass is 9.80. The van der Waals surface area contributed by atoms with Crippen molar-refractivity contribution in [3.8, 4) is 0 Å². The van der Waals surface area contributed by atoms with Gasteiger partial charge in [-0.15, -0.1) is 0 Å². The lowest BCUT2D eigenvalue weighted by Gasteiger charge is -2.39. The highest BCUT2D eigenvalue weighted by atomic mass is 16.5.